The van der Waals surface area contributed by atoms with Crippen LogP contribution in [0, 0.1) is 5.92 Å². The topological polar surface area (TPSA) is 92.3 Å². The number of carbonyl (C=O) groups excluding carboxylic acids is 2. The van der Waals surface area contributed by atoms with E-state index in [1.165, 1.54) is 0 Å². The van der Waals surface area contributed by atoms with Crippen LogP contribution in [0.15, 0.2) is 59.5 Å². The zero-order chi connectivity index (χ0) is 23.9. The van der Waals surface area contributed by atoms with Crippen molar-refractivity contribution in [3.05, 3.63) is 65.7 Å². The molecule has 0 aliphatic heterocycles. The fourth-order valence-electron chi connectivity index (χ4n) is 3.21. The fourth-order valence-corrected chi connectivity index (χ4v) is 4.54. The van der Waals surface area contributed by atoms with Crippen LogP contribution < -0.4 is 10.6 Å². The van der Waals surface area contributed by atoms with Gasteiger partial charge in [-0.3, -0.25) is 9.59 Å². The van der Waals surface area contributed by atoms with Gasteiger partial charge in [-0.2, -0.15) is 0 Å². The van der Waals surface area contributed by atoms with Gasteiger partial charge < -0.3 is 10.6 Å². The Hall–Kier alpha value is -2.67. The van der Waals surface area contributed by atoms with E-state index in [9.17, 15) is 18.0 Å². The summed E-state index contributed by atoms with van der Waals surface area (Å²) >= 11 is 0. The third-order valence-corrected chi connectivity index (χ3v) is 7.06. The van der Waals surface area contributed by atoms with Crippen LogP contribution in [0.5, 0.6) is 0 Å². The Morgan fingerprint density at radius 1 is 0.938 bits per heavy atom. The Bertz CT molecular complexity index is 1010. The molecule has 0 spiro atoms. The van der Waals surface area contributed by atoms with Crippen LogP contribution in [-0.2, 0) is 20.0 Å². The molecule has 0 bridgehead atoms. The SMILES string of the molecule is CC(C)C(NC(=O)c1ccc(C(C)(C)C)cc1)C(=O)NCCCS(=O)(=O)c1ccccc1. The maximum Gasteiger partial charge on any atom is 0.251 e. The molecule has 32 heavy (non-hydrogen) atoms. The van der Waals surface area contributed by atoms with Crippen molar-refractivity contribution in [3.63, 3.8) is 0 Å². The third-order valence-electron chi connectivity index (χ3n) is 5.24. The van der Waals surface area contributed by atoms with E-state index in [2.05, 4.69) is 31.4 Å². The van der Waals surface area contributed by atoms with E-state index < -0.39 is 15.9 Å². The van der Waals surface area contributed by atoms with Crippen molar-refractivity contribution in [2.75, 3.05) is 12.3 Å². The second-order valence-electron chi connectivity index (χ2n) is 9.30. The van der Waals surface area contributed by atoms with E-state index >= 15 is 0 Å². The van der Waals surface area contributed by atoms with Gasteiger partial charge in [0.1, 0.15) is 6.04 Å². The zero-order valence-corrected chi connectivity index (χ0v) is 20.3. The van der Waals surface area contributed by atoms with Gasteiger partial charge in [-0.25, -0.2) is 8.42 Å². The van der Waals surface area contributed by atoms with Gasteiger partial charge in [0.25, 0.3) is 5.91 Å². The van der Waals surface area contributed by atoms with Gasteiger partial charge in [-0.15, -0.1) is 0 Å². The van der Waals surface area contributed by atoms with Gasteiger partial charge in [0.15, 0.2) is 9.84 Å². The fraction of sp³-hybridized carbons (Fsp3) is 0.440. The van der Waals surface area contributed by atoms with Crippen molar-refractivity contribution in [1.29, 1.82) is 0 Å². The number of hydrogen-bond donors (Lipinski definition) is 2. The lowest BCUT2D eigenvalue weighted by Crippen LogP contribution is -2.50. The summed E-state index contributed by atoms with van der Waals surface area (Å²) in [5.74, 6) is -0.820. The first kappa shape index (κ1) is 25.6. The maximum absolute atomic E-state index is 12.7. The normalized spacial score (nSPS) is 12.9. The van der Waals surface area contributed by atoms with Gasteiger partial charge >= 0.3 is 0 Å². The van der Waals surface area contributed by atoms with E-state index in [4.69, 9.17) is 0 Å². The van der Waals surface area contributed by atoms with Crippen molar-refractivity contribution in [3.8, 4) is 0 Å². The lowest BCUT2D eigenvalue weighted by molar-refractivity contribution is -0.123. The highest BCUT2D eigenvalue weighted by molar-refractivity contribution is 7.91. The molecule has 2 N–H and O–H groups in total. The molecule has 0 radical (unpaired) electrons. The van der Waals surface area contributed by atoms with Crippen LogP contribution in [-0.4, -0.2) is 38.6 Å². The molecule has 0 aromatic heterocycles. The second-order valence-corrected chi connectivity index (χ2v) is 11.4. The molecule has 6 nitrogen and oxygen atoms in total. The molecule has 7 heteroatoms. The van der Waals surface area contributed by atoms with Gasteiger partial charge in [-0.05, 0) is 47.6 Å². The summed E-state index contributed by atoms with van der Waals surface area (Å²) in [4.78, 5) is 25.6. The molecule has 0 heterocycles. The zero-order valence-electron chi connectivity index (χ0n) is 19.5. The predicted octanol–water partition coefficient (Wildman–Crippen LogP) is 3.72. The largest absolute Gasteiger partial charge is 0.354 e. The smallest absolute Gasteiger partial charge is 0.251 e. The Morgan fingerprint density at radius 2 is 1.53 bits per heavy atom. The predicted molar refractivity (Wildman–Crippen MR) is 127 cm³/mol. The molecule has 174 valence electrons. The molecule has 1 unspecified atom stereocenters. The van der Waals surface area contributed by atoms with Crippen LogP contribution in [0.3, 0.4) is 0 Å². The molecule has 2 rings (SSSR count). The number of amides is 2. The Morgan fingerprint density at radius 3 is 2.06 bits per heavy atom. The van der Waals surface area contributed by atoms with Crippen LogP contribution in [0.1, 0.15) is 57.0 Å². The highest BCUT2D eigenvalue weighted by Gasteiger charge is 2.25. The van der Waals surface area contributed by atoms with Crippen LogP contribution in [0.2, 0.25) is 0 Å². The first-order valence-electron chi connectivity index (χ1n) is 10.9. The molecule has 0 saturated carbocycles. The average molecular weight is 459 g/mol. The number of carbonyl (C=O) groups is 2. The van der Waals surface area contributed by atoms with Gasteiger partial charge in [0, 0.05) is 12.1 Å². The van der Waals surface area contributed by atoms with E-state index in [1.807, 2.05) is 26.0 Å². The molecule has 2 amide bonds. The molecule has 0 saturated heterocycles. The number of rotatable bonds is 9. The lowest BCUT2D eigenvalue weighted by atomic mass is 9.86. The van der Waals surface area contributed by atoms with Gasteiger partial charge in [0.05, 0.1) is 10.6 Å². The highest BCUT2D eigenvalue weighted by Crippen LogP contribution is 2.22. The van der Waals surface area contributed by atoms with Crippen molar-refractivity contribution in [1.82, 2.24) is 10.6 Å². The average Bonchev–Trinajstić information content (AvgIpc) is 2.74. The van der Waals surface area contributed by atoms with E-state index in [0.29, 0.717) is 5.56 Å². The summed E-state index contributed by atoms with van der Waals surface area (Å²) in [6.45, 7) is 10.2. The lowest BCUT2D eigenvalue weighted by Gasteiger charge is -2.22. The summed E-state index contributed by atoms with van der Waals surface area (Å²) in [7, 11) is -3.39. The van der Waals surface area contributed by atoms with Crippen LogP contribution >= 0.6 is 0 Å². The highest BCUT2D eigenvalue weighted by atomic mass is 32.2. The molecule has 1 atom stereocenters. The first-order valence-corrected chi connectivity index (χ1v) is 12.5. The Kier molecular flexibility index (Phi) is 8.61. The molecule has 2 aromatic rings. The number of hydrogen-bond acceptors (Lipinski definition) is 4. The maximum atomic E-state index is 12.7. The minimum Gasteiger partial charge on any atom is -0.354 e. The minimum atomic E-state index is -3.39. The Balaban J connectivity index is 1.91. The summed E-state index contributed by atoms with van der Waals surface area (Å²) in [6, 6.07) is 14.9. The van der Waals surface area contributed by atoms with Crippen molar-refractivity contribution in [2.24, 2.45) is 5.92 Å². The summed E-state index contributed by atoms with van der Waals surface area (Å²) in [6.07, 6.45) is 0.288. The molecule has 2 aromatic carbocycles. The van der Waals surface area contributed by atoms with E-state index in [1.54, 1.807) is 42.5 Å². The van der Waals surface area contributed by atoms with Gasteiger partial charge in [-0.1, -0.05) is 65.0 Å². The second kappa shape index (κ2) is 10.8. The number of nitrogens with one attached hydrogen (secondary N) is 2. The monoisotopic (exact) mass is 458 g/mol. The summed E-state index contributed by atoms with van der Waals surface area (Å²) in [5.41, 5.74) is 1.60. The summed E-state index contributed by atoms with van der Waals surface area (Å²) < 4.78 is 24.7. The first-order chi connectivity index (χ1) is 14.9. The minimum absolute atomic E-state index is 0.0106. The number of sulfone groups is 1. The standard InChI is InChI=1S/C25H34N2O4S/c1-18(2)22(27-23(28)19-12-14-20(15-13-19)25(3,4)5)24(29)26-16-9-17-32(30,31)21-10-7-6-8-11-21/h6-8,10-15,18,22H,9,16-17H2,1-5H3,(H,26,29)(H,27,28). The third kappa shape index (κ3) is 7.19. The van der Waals surface area contributed by atoms with Gasteiger partial charge in [0.2, 0.25) is 5.91 Å². The molecule has 0 aliphatic carbocycles. The van der Waals surface area contributed by atoms with Crippen molar-refractivity contribution in [2.45, 2.75) is 57.4 Å². The molecule has 0 aliphatic rings. The van der Waals surface area contributed by atoms with E-state index in [-0.39, 0.29) is 46.8 Å². The number of benzene rings is 2. The molecular weight excluding hydrogens is 424 g/mol. The van der Waals surface area contributed by atoms with Crippen LogP contribution in [0.4, 0.5) is 0 Å². The van der Waals surface area contributed by atoms with E-state index in [0.717, 1.165) is 5.56 Å². The summed E-state index contributed by atoms with van der Waals surface area (Å²) in [5, 5.41) is 5.56. The quantitative estimate of drug-likeness (QED) is 0.560. The Labute approximate surface area is 191 Å². The van der Waals surface area contributed by atoms with Crippen molar-refractivity contribution < 1.29 is 18.0 Å². The molecular formula is C25H34N2O4S. The van der Waals surface area contributed by atoms with Crippen molar-refractivity contribution >= 4 is 21.7 Å². The van der Waals surface area contributed by atoms with Crippen LogP contribution in [0.25, 0.3) is 0 Å². The molecule has 0 fully saturated rings.